The number of aromatic nitrogens is 1. The molecule has 2 heterocycles. The number of para-hydroxylation sites is 1. The number of phenols is 1. The number of aromatic hydroxyl groups is 1. The molecule has 60 heavy (non-hydrogen) atoms. The van der Waals surface area contributed by atoms with Crippen LogP contribution in [0.1, 0.15) is 55.8 Å². The van der Waals surface area contributed by atoms with Crippen LogP contribution in [0.2, 0.25) is 0 Å². The van der Waals surface area contributed by atoms with Crippen molar-refractivity contribution >= 4 is 40.2 Å². The van der Waals surface area contributed by atoms with Crippen molar-refractivity contribution in [1.82, 2.24) is 20.1 Å². The van der Waals surface area contributed by atoms with Crippen molar-refractivity contribution in [3.63, 3.8) is 0 Å². The highest BCUT2D eigenvalue weighted by Gasteiger charge is 2.42. The monoisotopic (exact) mass is 814 g/mol. The van der Waals surface area contributed by atoms with Gasteiger partial charge >= 0.3 is 6.09 Å². The van der Waals surface area contributed by atoms with Crippen LogP contribution in [-0.2, 0) is 20.9 Å². The number of fused-ring (bicyclic) bond motifs is 2. The first kappa shape index (κ1) is 42.1. The van der Waals surface area contributed by atoms with E-state index >= 15 is 0 Å². The number of rotatable bonds is 17. The molecule has 2 fully saturated rings. The third-order valence-electron chi connectivity index (χ3n) is 11.7. The molecule has 6 N–H and O–H groups in total. The van der Waals surface area contributed by atoms with Gasteiger partial charge in [0.15, 0.2) is 0 Å². The van der Waals surface area contributed by atoms with Gasteiger partial charge in [0.05, 0.1) is 17.3 Å². The van der Waals surface area contributed by atoms with Gasteiger partial charge in [-0.3, -0.25) is 19.7 Å². The summed E-state index contributed by atoms with van der Waals surface area (Å²) in [7, 11) is 1.82. The van der Waals surface area contributed by atoms with Crippen LogP contribution in [0.25, 0.3) is 22.0 Å². The summed E-state index contributed by atoms with van der Waals surface area (Å²) in [6.07, 6.45) is 2.39. The lowest BCUT2D eigenvalue weighted by Gasteiger charge is -2.21. The molecule has 4 aromatic carbocycles. The van der Waals surface area contributed by atoms with Crippen LogP contribution in [0.5, 0.6) is 5.75 Å². The number of unbranched alkanes of at least 4 members (excludes halogenated alkanes) is 1. The first-order valence-electron chi connectivity index (χ1n) is 20.8. The van der Waals surface area contributed by atoms with Crippen LogP contribution in [0, 0.1) is 11.8 Å². The van der Waals surface area contributed by atoms with Crippen LogP contribution in [0.3, 0.4) is 0 Å². The fourth-order valence-corrected chi connectivity index (χ4v) is 8.57. The summed E-state index contributed by atoms with van der Waals surface area (Å²) < 4.78 is 5.87. The Hall–Kier alpha value is -6.02. The molecular weight excluding hydrogens is 761 g/mol. The minimum Gasteiger partial charge on any atom is -0.506 e. The quantitative estimate of drug-likeness (QED) is 0.0562. The largest absolute Gasteiger partial charge is 0.506 e. The number of phenolic OH excluding ortho intramolecular Hbond substituents is 1. The smallest absolute Gasteiger partial charge is 0.411 e. The van der Waals surface area contributed by atoms with E-state index in [4.69, 9.17) is 4.74 Å². The number of amides is 3. The van der Waals surface area contributed by atoms with Crippen LogP contribution in [0.4, 0.5) is 16.2 Å². The highest BCUT2D eigenvalue weighted by Crippen LogP contribution is 2.40. The van der Waals surface area contributed by atoms with Gasteiger partial charge in [-0.15, -0.1) is 0 Å². The highest BCUT2D eigenvalue weighted by molar-refractivity contribution is 5.92. The number of aromatic amines is 1. The Morgan fingerprint density at radius 1 is 0.883 bits per heavy atom. The number of hydrogen-bond acceptors (Lipinski definition) is 9. The lowest BCUT2D eigenvalue weighted by atomic mass is 10.0. The molecule has 5 aromatic rings. The molecule has 0 spiro atoms. The molecule has 4 atom stereocenters. The van der Waals surface area contributed by atoms with E-state index in [-0.39, 0.29) is 41.3 Å². The topological polar surface area (TPSA) is 176 Å². The van der Waals surface area contributed by atoms with E-state index in [0.717, 1.165) is 54.7 Å². The van der Waals surface area contributed by atoms with Crippen molar-refractivity contribution in [3.05, 3.63) is 125 Å². The van der Waals surface area contributed by atoms with Gasteiger partial charge in [-0.05, 0) is 84.5 Å². The average molecular weight is 815 g/mol. The second-order valence-corrected chi connectivity index (χ2v) is 16.0. The van der Waals surface area contributed by atoms with Gasteiger partial charge in [-0.1, -0.05) is 66.7 Å². The Kier molecular flexibility index (Phi) is 13.9. The van der Waals surface area contributed by atoms with E-state index in [1.807, 2.05) is 85.9 Å². The normalized spacial score (nSPS) is 17.9. The molecule has 1 aromatic heterocycles. The minimum atomic E-state index is -0.879. The van der Waals surface area contributed by atoms with E-state index in [0.29, 0.717) is 67.4 Å². The second-order valence-electron chi connectivity index (χ2n) is 16.0. The van der Waals surface area contributed by atoms with Gasteiger partial charge < -0.3 is 40.4 Å². The predicted octanol–water partition coefficient (Wildman–Crippen LogP) is 6.64. The zero-order valence-corrected chi connectivity index (χ0v) is 33.9. The molecule has 13 heteroatoms. The number of carbonyl (C=O) groups is 3. The van der Waals surface area contributed by atoms with E-state index in [2.05, 4.69) is 25.8 Å². The first-order valence-corrected chi connectivity index (χ1v) is 20.8. The van der Waals surface area contributed by atoms with E-state index in [1.54, 1.807) is 17.0 Å². The third kappa shape index (κ3) is 11.0. The molecule has 0 radical (unpaired) electrons. The lowest BCUT2D eigenvalue weighted by Crippen LogP contribution is -2.33. The SMILES string of the molecule is CN(CCCCC(=O)Nc1cccc(CNC[C@H](O)c2ccc(O)c3[nH]c(=O)ccc23)c1)C(=O)CCN1C[C@H]2CC(OC(=O)Nc3ccccc3-c3ccccc3)C[C@H]2C1. The summed E-state index contributed by atoms with van der Waals surface area (Å²) in [4.78, 5) is 57.0. The maximum Gasteiger partial charge on any atom is 0.411 e. The molecular formula is C47H54N6O7. The number of hydrogen-bond donors (Lipinski definition) is 6. The molecule has 2 aliphatic rings. The van der Waals surface area contributed by atoms with Gasteiger partial charge in [0.1, 0.15) is 11.9 Å². The molecule has 1 aliphatic carbocycles. The summed E-state index contributed by atoms with van der Waals surface area (Å²) in [6.45, 7) is 3.78. The number of aliphatic hydroxyl groups excluding tert-OH is 1. The minimum absolute atomic E-state index is 0.0608. The molecule has 13 nitrogen and oxygen atoms in total. The Labute approximate surface area is 349 Å². The molecule has 3 amide bonds. The Morgan fingerprint density at radius 2 is 1.65 bits per heavy atom. The van der Waals surface area contributed by atoms with Crippen LogP contribution in [-0.4, -0.2) is 88.8 Å². The van der Waals surface area contributed by atoms with Gasteiger partial charge in [-0.2, -0.15) is 0 Å². The number of anilines is 2. The fraction of sp³-hybridized carbons (Fsp3) is 0.362. The van der Waals surface area contributed by atoms with Crippen molar-refractivity contribution in [2.24, 2.45) is 11.8 Å². The number of nitrogens with one attached hydrogen (secondary N) is 4. The summed E-state index contributed by atoms with van der Waals surface area (Å²) in [5, 5.41) is 30.7. The number of nitrogens with zero attached hydrogens (tertiary/aromatic N) is 2. The van der Waals surface area contributed by atoms with Gasteiger partial charge in [0, 0.05) is 81.9 Å². The second kappa shape index (κ2) is 19.8. The number of carbonyl (C=O) groups excluding carboxylic acids is 3. The first-order chi connectivity index (χ1) is 29.1. The summed E-state index contributed by atoms with van der Waals surface area (Å²) in [6, 6.07) is 31.2. The summed E-state index contributed by atoms with van der Waals surface area (Å²) >= 11 is 0. The summed E-state index contributed by atoms with van der Waals surface area (Å²) in [5.74, 6) is 0.838. The van der Waals surface area contributed by atoms with Crippen molar-refractivity contribution in [3.8, 4) is 16.9 Å². The van der Waals surface area contributed by atoms with E-state index in [9.17, 15) is 29.4 Å². The molecule has 1 unspecified atom stereocenters. The fourth-order valence-electron chi connectivity index (χ4n) is 8.57. The molecule has 1 saturated heterocycles. The van der Waals surface area contributed by atoms with Crippen molar-refractivity contribution in [1.29, 1.82) is 0 Å². The number of likely N-dealkylation sites (tertiary alicyclic amines) is 1. The number of benzene rings is 4. The Morgan fingerprint density at radius 3 is 2.45 bits per heavy atom. The van der Waals surface area contributed by atoms with Crippen molar-refractivity contribution < 1.29 is 29.3 Å². The molecule has 1 aliphatic heterocycles. The zero-order valence-electron chi connectivity index (χ0n) is 33.9. The zero-order chi connectivity index (χ0) is 42.0. The maximum atomic E-state index is 13.0. The lowest BCUT2D eigenvalue weighted by molar-refractivity contribution is -0.130. The number of aliphatic hydroxyl groups is 1. The van der Waals surface area contributed by atoms with Crippen molar-refractivity contribution in [2.45, 2.75) is 57.3 Å². The molecule has 7 rings (SSSR count). The van der Waals surface area contributed by atoms with Gasteiger partial charge in [-0.25, -0.2) is 4.79 Å². The number of ether oxygens (including phenoxy) is 1. The van der Waals surface area contributed by atoms with Crippen LogP contribution in [0.15, 0.2) is 108 Å². The molecule has 314 valence electrons. The number of H-pyrrole nitrogens is 1. The average Bonchev–Trinajstić information content (AvgIpc) is 3.80. The van der Waals surface area contributed by atoms with E-state index < -0.39 is 12.2 Å². The van der Waals surface area contributed by atoms with Crippen molar-refractivity contribution in [2.75, 3.05) is 50.4 Å². The standard InChI is InChI=1S/C47H54N6O7/c1-52(45(58)21-23-53-29-33-25-36(26-34(33)30-53)60-47(59)50-40-15-6-5-14-37(40)32-11-3-2-4-12-32)22-8-7-16-43(56)49-35-13-9-10-31(24-35)27-48-28-42(55)38-17-19-41(54)46-39(38)18-20-44(57)51-46/h2-6,9-15,17-20,24,33-34,36,42,48,54-55H,7-8,16,21-23,25-30H2,1H3,(H,49,56)(H,50,59)(H,51,57)/t33-,34+,36?,42-/m0/s1. The number of pyridine rings is 1. The Bertz CT molecular complexity index is 2320. The Balaban J connectivity index is 0.752. The van der Waals surface area contributed by atoms with Crippen LogP contribution >= 0.6 is 0 Å². The van der Waals surface area contributed by atoms with E-state index in [1.165, 1.54) is 12.1 Å². The molecule has 1 saturated carbocycles. The van der Waals surface area contributed by atoms with Crippen LogP contribution < -0.4 is 21.5 Å². The maximum absolute atomic E-state index is 13.0. The predicted molar refractivity (Wildman–Crippen MR) is 233 cm³/mol. The van der Waals surface area contributed by atoms with Gasteiger partial charge in [0.2, 0.25) is 17.4 Å². The third-order valence-corrected chi connectivity index (χ3v) is 11.7. The summed E-state index contributed by atoms with van der Waals surface area (Å²) in [5.41, 5.74) is 4.84. The van der Waals surface area contributed by atoms with Gasteiger partial charge in [0.25, 0.3) is 0 Å². The molecule has 0 bridgehead atoms. The highest BCUT2D eigenvalue weighted by atomic mass is 16.6.